The van der Waals surface area contributed by atoms with Crippen molar-refractivity contribution in [3.05, 3.63) is 18.7 Å². The van der Waals surface area contributed by atoms with Crippen LogP contribution in [0.25, 0.3) is 0 Å². The number of hydrogen-bond acceptors (Lipinski definition) is 4. The van der Waals surface area contributed by atoms with E-state index < -0.39 is 12.3 Å². The Hall–Kier alpha value is -2.05. The lowest BCUT2D eigenvalue weighted by atomic mass is 11.0. The van der Waals surface area contributed by atoms with Gasteiger partial charge in [-0.25, -0.2) is 14.6 Å². The van der Waals surface area contributed by atoms with Crippen molar-refractivity contribution in [1.29, 1.82) is 0 Å². The number of imidazole rings is 1. The zero-order valence-electron chi connectivity index (χ0n) is 5.80. The fraction of sp³-hybridized carbons (Fsp3) is 0. The molecule has 0 radical (unpaired) electrons. The number of aromatic amines is 1. The van der Waals surface area contributed by atoms with E-state index in [9.17, 15) is 9.59 Å². The number of ether oxygens (including phenoxy) is 1. The SMILES string of the molecule is O=C(O)OC(=O)O.c1c[nH]cn1. The normalized spacial score (nSPS) is 7.67. The van der Waals surface area contributed by atoms with Crippen LogP contribution in [0.1, 0.15) is 0 Å². The van der Waals surface area contributed by atoms with E-state index in [0.29, 0.717) is 0 Å². The highest BCUT2D eigenvalue weighted by atomic mass is 16.7. The smallest absolute Gasteiger partial charge is 0.449 e. The second kappa shape index (κ2) is 5.71. The van der Waals surface area contributed by atoms with Crippen LogP contribution in [-0.4, -0.2) is 32.5 Å². The van der Waals surface area contributed by atoms with Crippen LogP contribution in [0.2, 0.25) is 0 Å². The molecule has 0 aromatic carbocycles. The predicted molar refractivity (Wildman–Crippen MR) is 35.7 cm³/mol. The van der Waals surface area contributed by atoms with E-state index in [2.05, 4.69) is 14.7 Å². The van der Waals surface area contributed by atoms with Gasteiger partial charge in [-0.05, 0) is 0 Å². The minimum atomic E-state index is -1.81. The molecular weight excluding hydrogens is 168 g/mol. The van der Waals surface area contributed by atoms with Crippen LogP contribution < -0.4 is 0 Å². The van der Waals surface area contributed by atoms with Gasteiger partial charge in [-0.1, -0.05) is 0 Å². The van der Waals surface area contributed by atoms with Gasteiger partial charge in [-0.3, -0.25) is 0 Å². The number of carbonyl (C=O) groups is 2. The molecule has 0 aliphatic carbocycles. The number of aromatic nitrogens is 2. The number of hydrogen-bond donors (Lipinski definition) is 3. The second-order valence-electron chi connectivity index (χ2n) is 1.39. The minimum absolute atomic E-state index is 1.62. The highest BCUT2D eigenvalue weighted by Gasteiger charge is 2.01. The molecule has 0 bridgehead atoms. The van der Waals surface area contributed by atoms with Gasteiger partial charge in [0.25, 0.3) is 0 Å². The molecule has 0 fully saturated rings. The fourth-order valence-corrected chi connectivity index (χ4v) is 0.290. The zero-order valence-corrected chi connectivity index (χ0v) is 5.80. The number of carboxylic acid groups (broad SMARTS) is 2. The molecule has 0 atom stereocenters. The van der Waals surface area contributed by atoms with Crippen LogP contribution >= 0.6 is 0 Å². The lowest BCUT2D eigenvalue weighted by Crippen LogP contribution is -2.05. The van der Waals surface area contributed by atoms with Crippen molar-refractivity contribution in [2.24, 2.45) is 0 Å². The standard InChI is InChI=1S/C3H4N2.C2H2O5/c1-2-5-3-4-1;3-1(4)7-2(5)6/h1-3H,(H,4,5);(H,3,4)(H,5,6). The van der Waals surface area contributed by atoms with E-state index in [1.807, 2.05) is 0 Å². The molecule has 1 aromatic heterocycles. The van der Waals surface area contributed by atoms with Gasteiger partial charge in [0.15, 0.2) is 0 Å². The van der Waals surface area contributed by atoms with E-state index in [-0.39, 0.29) is 0 Å². The van der Waals surface area contributed by atoms with Gasteiger partial charge in [0.2, 0.25) is 0 Å². The largest absolute Gasteiger partial charge is 0.516 e. The van der Waals surface area contributed by atoms with Crippen molar-refractivity contribution in [3.8, 4) is 0 Å². The number of H-pyrrole nitrogens is 1. The summed E-state index contributed by atoms with van der Waals surface area (Å²) in [4.78, 5) is 24.8. The molecule has 0 aliphatic heterocycles. The van der Waals surface area contributed by atoms with Crippen LogP contribution in [0.15, 0.2) is 18.7 Å². The average molecular weight is 174 g/mol. The molecule has 3 N–H and O–H groups in total. The first kappa shape index (κ1) is 9.95. The summed E-state index contributed by atoms with van der Waals surface area (Å²) in [5.74, 6) is 0. The summed E-state index contributed by atoms with van der Waals surface area (Å²) in [6, 6.07) is 0. The summed E-state index contributed by atoms with van der Waals surface area (Å²) in [6.07, 6.45) is 1.46. The fourth-order valence-electron chi connectivity index (χ4n) is 0.290. The topological polar surface area (TPSA) is 113 Å². The van der Waals surface area contributed by atoms with Gasteiger partial charge in [0, 0.05) is 12.4 Å². The number of rotatable bonds is 0. The first-order valence-corrected chi connectivity index (χ1v) is 2.69. The van der Waals surface area contributed by atoms with Gasteiger partial charge in [0.05, 0.1) is 6.33 Å². The first-order valence-electron chi connectivity index (χ1n) is 2.69. The van der Waals surface area contributed by atoms with Crippen LogP contribution in [0.4, 0.5) is 9.59 Å². The van der Waals surface area contributed by atoms with Crippen molar-refractivity contribution in [2.75, 3.05) is 0 Å². The van der Waals surface area contributed by atoms with Gasteiger partial charge >= 0.3 is 12.3 Å². The van der Waals surface area contributed by atoms with E-state index in [0.717, 1.165) is 0 Å². The lowest BCUT2D eigenvalue weighted by molar-refractivity contribution is 0.0802. The zero-order chi connectivity index (χ0) is 9.40. The molecule has 0 aliphatic rings. The summed E-state index contributed by atoms with van der Waals surface area (Å²) in [5, 5.41) is 15.0. The lowest BCUT2D eigenvalue weighted by Gasteiger charge is -1.84. The third kappa shape index (κ3) is 7.95. The molecule has 7 nitrogen and oxygen atoms in total. The van der Waals surface area contributed by atoms with Crippen molar-refractivity contribution in [3.63, 3.8) is 0 Å². The Morgan fingerprint density at radius 3 is 2.00 bits per heavy atom. The summed E-state index contributed by atoms with van der Waals surface area (Å²) in [7, 11) is 0. The quantitative estimate of drug-likeness (QED) is 0.395. The maximum Gasteiger partial charge on any atom is 0.516 e. The van der Waals surface area contributed by atoms with Crippen molar-refractivity contribution < 1.29 is 24.5 Å². The maximum absolute atomic E-state index is 9.21. The van der Waals surface area contributed by atoms with Gasteiger partial charge in [0.1, 0.15) is 0 Å². The van der Waals surface area contributed by atoms with Crippen molar-refractivity contribution in [2.45, 2.75) is 0 Å². The van der Waals surface area contributed by atoms with E-state index in [4.69, 9.17) is 10.2 Å². The number of nitrogens with zero attached hydrogens (tertiary/aromatic N) is 1. The summed E-state index contributed by atoms with van der Waals surface area (Å²) >= 11 is 0. The van der Waals surface area contributed by atoms with Crippen LogP contribution in [-0.2, 0) is 4.74 Å². The van der Waals surface area contributed by atoms with Crippen LogP contribution in [0.3, 0.4) is 0 Å². The van der Waals surface area contributed by atoms with E-state index in [1.54, 1.807) is 18.7 Å². The van der Waals surface area contributed by atoms with E-state index in [1.165, 1.54) is 0 Å². The molecule has 7 heteroatoms. The molecule has 0 saturated heterocycles. The Morgan fingerprint density at radius 1 is 1.33 bits per heavy atom. The third-order valence-electron chi connectivity index (χ3n) is 0.581. The van der Waals surface area contributed by atoms with Crippen molar-refractivity contribution in [1.82, 2.24) is 9.97 Å². The molecule has 0 unspecified atom stereocenters. The summed E-state index contributed by atoms with van der Waals surface area (Å²) in [6.45, 7) is 0. The molecular formula is C5H6N2O5. The minimum Gasteiger partial charge on any atom is -0.449 e. The molecule has 66 valence electrons. The second-order valence-corrected chi connectivity index (χ2v) is 1.39. The molecule has 0 amide bonds. The molecule has 0 spiro atoms. The Labute approximate surface area is 66.6 Å². The average Bonchev–Trinajstić information content (AvgIpc) is 2.36. The summed E-state index contributed by atoms with van der Waals surface area (Å²) < 4.78 is 3.08. The molecule has 1 aromatic rings. The van der Waals surface area contributed by atoms with Gasteiger partial charge in [-0.15, -0.1) is 0 Å². The van der Waals surface area contributed by atoms with E-state index >= 15 is 0 Å². The van der Waals surface area contributed by atoms with Gasteiger partial charge in [-0.2, -0.15) is 0 Å². The van der Waals surface area contributed by atoms with Crippen LogP contribution in [0, 0.1) is 0 Å². The third-order valence-corrected chi connectivity index (χ3v) is 0.581. The molecule has 0 saturated carbocycles. The first-order chi connectivity index (χ1) is 5.63. The number of nitrogens with one attached hydrogen (secondary N) is 1. The Morgan fingerprint density at radius 2 is 1.92 bits per heavy atom. The Balaban J connectivity index is 0.000000211. The van der Waals surface area contributed by atoms with Crippen molar-refractivity contribution >= 4 is 12.3 Å². The molecule has 12 heavy (non-hydrogen) atoms. The van der Waals surface area contributed by atoms with Gasteiger partial charge < -0.3 is 19.9 Å². The maximum atomic E-state index is 9.21. The predicted octanol–water partition coefficient (Wildman–Crippen LogP) is 0.769. The Kier molecular flexibility index (Phi) is 4.74. The molecule has 1 rings (SSSR count). The summed E-state index contributed by atoms with van der Waals surface area (Å²) in [5.41, 5.74) is 0. The Bertz CT molecular complexity index is 203. The highest BCUT2D eigenvalue weighted by Crippen LogP contribution is 1.73. The van der Waals surface area contributed by atoms with Crippen LogP contribution in [0.5, 0.6) is 0 Å². The highest BCUT2D eigenvalue weighted by molar-refractivity contribution is 5.74. The monoisotopic (exact) mass is 174 g/mol. The molecule has 1 heterocycles.